The smallest absolute Gasteiger partial charge is 0.217 e. The normalized spacial score (nSPS) is 46.9. The van der Waals surface area contributed by atoms with Gasteiger partial charge < -0.3 is 244 Å². The van der Waals surface area contributed by atoms with Crippen molar-refractivity contribution in [3.8, 4) is 0 Å². The van der Waals surface area contributed by atoms with Gasteiger partial charge in [0.1, 0.15) is 226 Å². The average molecular weight is 1760 g/mol. The molecule has 4 amide bonds. The zero-order chi connectivity index (χ0) is 88.6. The number of nitrogens with one attached hydrogen (secondary N) is 4. The highest BCUT2D eigenvalue weighted by Crippen LogP contribution is 2.41. The summed E-state index contributed by atoms with van der Waals surface area (Å²) in [7, 11) is 0. The molecule has 0 unspecified atom stereocenters. The first-order valence-electron chi connectivity index (χ1n) is 38.3. The fraction of sp³-hybridized carbons (Fsp3) is 0.940. The summed E-state index contributed by atoms with van der Waals surface area (Å²) < 4.78 is 109. The Morgan fingerprint density at radius 3 is 1.24 bits per heavy atom. The Balaban J connectivity index is 1.14. The Hall–Kier alpha value is -3.92. The molecule has 0 saturated carbocycles. The summed E-state index contributed by atoms with van der Waals surface area (Å²) in [4.78, 5) is 51.3. The van der Waals surface area contributed by atoms with Crippen LogP contribution in [-0.2, 0) is 104 Å². The van der Waals surface area contributed by atoms with Crippen LogP contribution < -0.4 is 21.3 Å². The predicted octanol–water partition coefficient (Wildman–Crippen LogP) is -20.9. The Labute approximate surface area is 680 Å². The standard InChI is InChI=1S/C67H114N4O49/c1-16-34(85)45(96)50(101)62(106-16)104-15-30-54(115-64-51(102)46(97)38(89)25(9-75)108-64)44(95)33(71-20(5)82)61(113-30)118-56-47(98)39(90)26(10-76)109-65(56)105-14-29-41(92)55(117-66-57(48(99)40(91)27(11-77)110-66)119-59-31(69-18(3)80)42(93)37(88)24(8-74)107-59)58(120-63-49(100)36(87)23(84)13-103-63)67(112-29)116-53-28(12-78)111-60(32(43(53)94)70-19(4)81)114-52(22(83)7-73)35(86)21(6-72)68-17(2)79/h16,21-67,72-78,83-102H,6-15H2,1-5H3,(H,68,79)(H,69,80)(H,70,81)(H,71,82)/t16-,21-,22+,23+,24+,25+,26+,27+,28+,29+,30+,31+,32+,33+,34+,35+,36-,37+,38-,39+,40+,41+,42+,43+,44+,45+,46-,47-,48-,49+,50-,51+,52+,53+,54+,55-,56-,57-,58-,59-,60-,61-,62+,63-,64-,65-,66+,67-/m0/s1. The van der Waals surface area contributed by atoms with Gasteiger partial charge in [0.2, 0.25) is 23.6 Å². The maximum Gasteiger partial charge on any atom is 0.217 e. The Kier molecular flexibility index (Phi) is 36.8. The van der Waals surface area contributed by atoms with Crippen molar-refractivity contribution in [2.24, 2.45) is 0 Å². The first-order valence-corrected chi connectivity index (χ1v) is 38.3. The van der Waals surface area contributed by atoms with Crippen LogP contribution in [0.15, 0.2) is 0 Å². The lowest BCUT2D eigenvalue weighted by molar-refractivity contribution is -0.411. The number of carbonyl (C=O) groups excluding carboxylic acids is 4. The van der Waals surface area contributed by atoms with E-state index in [4.69, 9.17) is 85.3 Å². The third-order valence-electron chi connectivity index (χ3n) is 21.7. The molecule has 9 rings (SSSR count). The second-order valence-corrected chi connectivity index (χ2v) is 30.3. The first kappa shape index (κ1) is 99.9. The second kappa shape index (κ2) is 44.2. The maximum absolute atomic E-state index is 13.2. The van der Waals surface area contributed by atoms with Crippen molar-refractivity contribution in [3.05, 3.63) is 0 Å². The fourth-order valence-electron chi connectivity index (χ4n) is 15.1. The zero-order valence-electron chi connectivity index (χ0n) is 64.8. The number of hydrogen-bond acceptors (Lipinski definition) is 49. The van der Waals surface area contributed by atoms with Crippen LogP contribution in [0.1, 0.15) is 34.6 Å². The molecule has 0 radical (unpaired) electrons. The van der Waals surface area contributed by atoms with Crippen LogP contribution >= 0.6 is 0 Å². The third kappa shape index (κ3) is 22.8. The molecule has 0 aromatic carbocycles. The number of carbonyl (C=O) groups is 4. The molecule has 53 heteroatoms. The summed E-state index contributed by atoms with van der Waals surface area (Å²) in [6.07, 6.45) is -94.8. The van der Waals surface area contributed by atoms with E-state index in [0.29, 0.717) is 0 Å². The lowest BCUT2D eigenvalue weighted by atomic mass is 9.94. The zero-order valence-corrected chi connectivity index (χ0v) is 64.8. The van der Waals surface area contributed by atoms with E-state index >= 15 is 0 Å². The Morgan fingerprint density at radius 1 is 0.333 bits per heavy atom. The van der Waals surface area contributed by atoms with Crippen LogP contribution in [0.25, 0.3) is 0 Å². The molecule has 696 valence electrons. The molecule has 0 spiro atoms. The monoisotopic (exact) mass is 1760 g/mol. The van der Waals surface area contributed by atoms with E-state index in [2.05, 4.69) is 21.3 Å². The van der Waals surface area contributed by atoms with Crippen LogP contribution in [-0.4, -0.2) is 522 Å². The van der Waals surface area contributed by atoms with E-state index < -0.39 is 384 Å². The van der Waals surface area contributed by atoms with Crippen LogP contribution in [0.5, 0.6) is 0 Å². The van der Waals surface area contributed by atoms with E-state index in [9.17, 15) is 157 Å². The molecule has 53 nitrogen and oxygen atoms in total. The van der Waals surface area contributed by atoms with Gasteiger partial charge >= 0.3 is 0 Å². The quantitative estimate of drug-likeness (QED) is 0.0284. The van der Waals surface area contributed by atoms with E-state index in [-0.39, 0.29) is 0 Å². The molecule has 9 aliphatic rings. The number of amides is 4. The van der Waals surface area contributed by atoms with Crippen LogP contribution in [0.3, 0.4) is 0 Å². The average Bonchev–Trinajstić information content (AvgIpc) is 0.770. The Morgan fingerprint density at radius 2 is 0.717 bits per heavy atom. The maximum atomic E-state index is 13.2. The van der Waals surface area contributed by atoms with Crippen molar-refractivity contribution in [3.63, 3.8) is 0 Å². The molecule has 9 aliphatic heterocycles. The fourth-order valence-corrected chi connectivity index (χ4v) is 15.1. The summed E-state index contributed by atoms with van der Waals surface area (Å²) in [5.41, 5.74) is 0. The SMILES string of the molecule is CC(=O)N[C@H]1[C@H](O[C@@H]2[C@@H](OC[C@H]3O[C@@H](O[C@H]4[C@H](O)[C@@H](NC(C)=O)[C@H](O[C@@H]([C@H](O)[C@H](CO)NC(C)=O)[C@H](O)CO)O[C@@H]4CO)[C@@H](O[C@@H]4OC[C@@H](O)[C@H](O)[C@H]4O)[C@@H](O[C@H]4O[C@H](CO)[C@@H](O)[C@H](O)[C@@H]4O[C@@H]4O[C@H](CO)[C@@H](O)[C@H](O)[C@H]4NC(C)=O)[C@@H]3O)O[C@H](CO)[C@@H](O)[C@@H]2O)O[C@H](CO[C@@H]2O[C@@H](C)[C@@H](O)[C@@H](O)[C@@H]2O)[C@@H](O[C@@H]2O[C@H](CO)[C@H](O)[C@H](O)[C@H]2O)[C@@H]1O. The third-order valence-corrected chi connectivity index (χ3v) is 21.7. The molecular formula is C67H114N4O49. The van der Waals surface area contributed by atoms with Crippen molar-refractivity contribution in [2.75, 3.05) is 66.1 Å². The number of ether oxygens (including phenoxy) is 18. The van der Waals surface area contributed by atoms with Gasteiger partial charge in [0, 0.05) is 27.7 Å². The van der Waals surface area contributed by atoms with Crippen LogP contribution in [0, 0.1) is 0 Å². The van der Waals surface area contributed by atoms with Gasteiger partial charge in [-0.05, 0) is 6.92 Å². The van der Waals surface area contributed by atoms with E-state index in [1.807, 2.05) is 0 Å². The minimum atomic E-state index is -2.60. The second-order valence-electron chi connectivity index (χ2n) is 30.3. The van der Waals surface area contributed by atoms with E-state index in [0.717, 1.165) is 27.7 Å². The number of aliphatic hydroxyl groups is 27. The van der Waals surface area contributed by atoms with Gasteiger partial charge in [0.05, 0.1) is 78.2 Å². The first-order chi connectivity index (χ1) is 56.7. The van der Waals surface area contributed by atoms with E-state index in [1.165, 1.54) is 6.92 Å². The molecule has 48 atom stereocenters. The van der Waals surface area contributed by atoms with Gasteiger partial charge in [-0.1, -0.05) is 0 Å². The molecule has 0 aromatic heterocycles. The van der Waals surface area contributed by atoms with Gasteiger partial charge in [-0.2, -0.15) is 0 Å². The van der Waals surface area contributed by atoms with Crippen molar-refractivity contribution < 1.29 is 242 Å². The summed E-state index contributed by atoms with van der Waals surface area (Å²) in [6.45, 7) is -6.26. The summed E-state index contributed by atoms with van der Waals surface area (Å²) >= 11 is 0. The molecule has 120 heavy (non-hydrogen) atoms. The van der Waals surface area contributed by atoms with Gasteiger partial charge in [-0.3, -0.25) is 19.2 Å². The highest BCUT2D eigenvalue weighted by atomic mass is 16.8. The van der Waals surface area contributed by atoms with Crippen LogP contribution in [0.2, 0.25) is 0 Å². The molecule has 31 N–H and O–H groups in total. The summed E-state index contributed by atoms with van der Waals surface area (Å²) in [6, 6.07) is -7.66. The van der Waals surface area contributed by atoms with Crippen LogP contribution in [0.4, 0.5) is 0 Å². The summed E-state index contributed by atoms with van der Waals surface area (Å²) in [5, 5.41) is 311. The number of hydrogen-bond donors (Lipinski definition) is 31. The molecular weight excluding hydrogens is 1640 g/mol. The van der Waals surface area contributed by atoms with Crippen molar-refractivity contribution in [1.29, 1.82) is 0 Å². The topological polar surface area (TPSA) is 829 Å². The summed E-state index contributed by atoms with van der Waals surface area (Å²) in [5.74, 6) is -3.78. The minimum Gasteiger partial charge on any atom is -0.394 e. The molecule has 9 heterocycles. The highest BCUT2D eigenvalue weighted by Gasteiger charge is 2.62. The lowest BCUT2D eigenvalue weighted by Gasteiger charge is -2.52. The molecule has 0 aliphatic carbocycles. The molecule has 9 fully saturated rings. The van der Waals surface area contributed by atoms with Gasteiger partial charge in [-0.25, -0.2) is 0 Å². The lowest BCUT2D eigenvalue weighted by Crippen LogP contribution is -2.71. The predicted molar refractivity (Wildman–Crippen MR) is 371 cm³/mol. The molecule has 9 saturated heterocycles. The molecule has 0 aromatic rings. The largest absolute Gasteiger partial charge is 0.394 e. The number of rotatable bonds is 34. The molecule has 0 bridgehead atoms. The van der Waals surface area contributed by atoms with E-state index in [1.54, 1.807) is 0 Å². The highest BCUT2D eigenvalue weighted by molar-refractivity contribution is 5.74. The van der Waals surface area contributed by atoms with Gasteiger partial charge in [0.25, 0.3) is 0 Å². The van der Waals surface area contributed by atoms with Crippen molar-refractivity contribution >= 4 is 23.6 Å². The van der Waals surface area contributed by atoms with Gasteiger partial charge in [-0.15, -0.1) is 0 Å². The Bertz CT molecular complexity index is 3180. The number of aliphatic hydroxyl groups excluding tert-OH is 27. The van der Waals surface area contributed by atoms with Crippen molar-refractivity contribution in [1.82, 2.24) is 21.3 Å². The van der Waals surface area contributed by atoms with Gasteiger partial charge in [0.15, 0.2) is 56.6 Å². The minimum absolute atomic E-state index is 0.837. The van der Waals surface area contributed by atoms with Crippen molar-refractivity contribution in [2.45, 2.75) is 329 Å².